The number of aromatic nitrogens is 1. The number of halogens is 3. The van der Waals surface area contributed by atoms with E-state index in [2.05, 4.69) is 9.71 Å². The molecule has 1 aromatic heterocycles. The molecule has 0 atom stereocenters. The third-order valence-corrected chi connectivity index (χ3v) is 9.32. The van der Waals surface area contributed by atoms with Gasteiger partial charge in [0.1, 0.15) is 16.3 Å². The van der Waals surface area contributed by atoms with E-state index in [1.165, 1.54) is 24.4 Å². The molecule has 10 nitrogen and oxygen atoms in total. The van der Waals surface area contributed by atoms with Crippen molar-refractivity contribution < 1.29 is 31.9 Å². The smallest absolute Gasteiger partial charge is 0.410 e. The largest absolute Gasteiger partial charge is 0.444 e. The van der Waals surface area contributed by atoms with Crippen LogP contribution >= 0.6 is 23.2 Å². The van der Waals surface area contributed by atoms with Crippen LogP contribution in [0.4, 0.5) is 14.9 Å². The molecule has 2 aliphatic heterocycles. The van der Waals surface area contributed by atoms with Gasteiger partial charge in [0.05, 0.1) is 40.0 Å². The third kappa shape index (κ3) is 6.17. The van der Waals surface area contributed by atoms with Crippen LogP contribution in [0, 0.1) is 5.82 Å². The van der Waals surface area contributed by atoms with Crippen molar-refractivity contribution in [1.82, 2.24) is 14.8 Å². The van der Waals surface area contributed by atoms with Crippen molar-refractivity contribution in [2.45, 2.75) is 49.7 Å². The summed E-state index contributed by atoms with van der Waals surface area (Å²) < 4.78 is 55.4. The number of morpholine rings is 1. The van der Waals surface area contributed by atoms with Gasteiger partial charge in [0.25, 0.3) is 15.9 Å². The summed E-state index contributed by atoms with van der Waals surface area (Å²) in [5.41, 5.74) is -0.739. The molecule has 0 unspecified atom stereocenters. The van der Waals surface area contributed by atoms with Crippen LogP contribution in [0.25, 0.3) is 10.9 Å². The maximum atomic E-state index is 15.2. The van der Waals surface area contributed by atoms with Gasteiger partial charge >= 0.3 is 6.09 Å². The number of carbonyl (C=O) groups is 2. The summed E-state index contributed by atoms with van der Waals surface area (Å²) in [6.45, 7) is 7.11. The topological polar surface area (TPSA) is 121 Å². The molecule has 1 spiro atoms. The van der Waals surface area contributed by atoms with Crippen LogP contribution in [-0.2, 0) is 19.5 Å². The second-order valence-corrected chi connectivity index (χ2v) is 13.9. The number of amides is 2. The first-order valence-corrected chi connectivity index (χ1v) is 15.6. The second-order valence-electron chi connectivity index (χ2n) is 11.5. The SMILES string of the molecule is CC(C)(C)OC(=O)N1CCC2(CC1)CN(C(=O)c1ccc(S(=O)(=O)Nc3ccc(Cl)c4c(Cl)c[nH]c34)c(F)c1)CCO2. The summed E-state index contributed by atoms with van der Waals surface area (Å²) in [5, 5.41) is 1.06. The molecule has 2 amide bonds. The van der Waals surface area contributed by atoms with Crippen LogP contribution in [0.1, 0.15) is 44.0 Å². The highest BCUT2D eigenvalue weighted by Crippen LogP contribution is 2.36. The Morgan fingerprint density at radius 2 is 1.79 bits per heavy atom. The normalized spacial score (nSPS) is 17.5. The molecule has 2 fully saturated rings. The number of anilines is 1. The molecule has 14 heteroatoms. The number of rotatable bonds is 4. The van der Waals surface area contributed by atoms with E-state index in [0.29, 0.717) is 53.4 Å². The summed E-state index contributed by atoms with van der Waals surface area (Å²) in [5.74, 6) is -1.51. The lowest BCUT2D eigenvalue weighted by Crippen LogP contribution is -2.58. The molecule has 42 heavy (non-hydrogen) atoms. The molecule has 226 valence electrons. The number of hydrogen-bond acceptors (Lipinski definition) is 6. The quantitative estimate of drug-likeness (QED) is 0.380. The van der Waals surface area contributed by atoms with Crippen molar-refractivity contribution >= 4 is 61.8 Å². The predicted octanol–water partition coefficient (Wildman–Crippen LogP) is 5.66. The minimum atomic E-state index is -4.37. The van der Waals surface area contributed by atoms with Crippen LogP contribution in [0.15, 0.2) is 41.4 Å². The Morgan fingerprint density at radius 1 is 1.07 bits per heavy atom. The summed E-state index contributed by atoms with van der Waals surface area (Å²) in [7, 11) is -4.37. The first kappa shape index (κ1) is 30.4. The Hall–Kier alpha value is -3.06. The number of nitrogens with one attached hydrogen (secondary N) is 2. The number of hydrogen-bond donors (Lipinski definition) is 2. The van der Waals surface area contributed by atoms with Crippen LogP contribution in [0.3, 0.4) is 0 Å². The van der Waals surface area contributed by atoms with E-state index in [-0.39, 0.29) is 24.4 Å². The lowest BCUT2D eigenvalue weighted by atomic mass is 9.89. The monoisotopic (exact) mass is 640 g/mol. The van der Waals surface area contributed by atoms with Gasteiger partial charge in [-0.25, -0.2) is 17.6 Å². The molecule has 2 N–H and O–H groups in total. The van der Waals surface area contributed by atoms with Crippen LogP contribution in [-0.4, -0.2) is 79.2 Å². The number of likely N-dealkylation sites (tertiary alicyclic amines) is 1. The summed E-state index contributed by atoms with van der Waals surface area (Å²) in [6, 6.07) is 6.20. The number of aromatic amines is 1. The summed E-state index contributed by atoms with van der Waals surface area (Å²) >= 11 is 12.3. The highest BCUT2D eigenvalue weighted by Gasteiger charge is 2.42. The lowest BCUT2D eigenvalue weighted by molar-refractivity contribution is -0.126. The van der Waals surface area contributed by atoms with E-state index in [1.54, 1.807) is 9.80 Å². The van der Waals surface area contributed by atoms with Crippen LogP contribution < -0.4 is 4.72 Å². The molecule has 2 aliphatic rings. The van der Waals surface area contributed by atoms with Gasteiger partial charge in [-0.05, 0) is 63.9 Å². The van der Waals surface area contributed by atoms with Crippen molar-refractivity contribution in [3.63, 3.8) is 0 Å². The van der Waals surface area contributed by atoms with Gasteiger partial charge in [0, 0.05) is 36.8 Å². The number of sulfonamides is 1. The lowest BCUT2D eigenvalue weighted by Gasteiger charge is -2.47. The first-order chi connectivity index (χ1) is 19.7. The van der Waals surface area contributed by atoms with E-state index in [4.69, 9.17) is 32.7 Å². The molecule has 2 aromatic carbocycles. The zero-order valence-corrected chi connectivity index (χ0v) is 25.6. The van der Waals surface area contributed by atoms with E-state index in [0.717, 1.165) is 12.1 Å². The fourth-order valence-corrected chi connectivity index (χ4v) is 6.92. The maximum absolute atomic E-state index is 15.2. The summed E-state index contributed by atoms with van der Waals surface area (Å²) in [6.07, 6.45) is 2.10. The molecule has 3 heterocycles. The molecule has 0 bridgehead atoms. The van der Waals surface area contributed by atoms with Gasteiger partial charge in [-0.15, -0.1) is 0 Å². The highest BCUT2D eigenvalue weighted by molar-refractivity contribution is 7.92. The van der Waals surface area contributed by atoms with Gasteiger partial charge in [-0.2, -0.15) is 0 Å². The highest BCUT2D eigenvalue weighted by atomic mass is 35.5. The molecular formula is C28H31Cl2FN4O6S. The molecule has 0 radical (unpaired) electrons. The Labute approximate surface area is 253 Å². The Bertz CT molecular complexity index is 1650. The van der Waals surface area contributed by atoms with E-state index < -0.39 is 43.9 Å². The zero-order valence-electron chi connectivity index (χ0n) is 23.3. The summed E-state index contributed by atoms with van der Waals surface area (Å²) in [4.78, 5) is 31.3. The van der Waals surface area contributed by atoms with E-state index >= 15 is 4.39 Å². The Balaban J connectivity index is 1.28. The van der Waals surface area contributed by atoms with Crippen molar-refractivity contribution in [2.24, 2.45) is 0 Å². The Kier molecular flexibility index (Phi) is 8.12. The van der Waals surface area contributed by atoms with Crippen molar-refractivity contribution in [1.29, 1.82) is 0 Å². The minimum Gasteiger partial charge on any atom is -0.444 e. The fourth-order valence-electron chi connectivity index (χ4n) is 5.23. The van der Waals surface area contributed by atoms with Gasteiger partial charge in [0.2, 0.25) is 0 Å². The molecular weight excluding hydrogens is 610 g/mol. The Morgan fingerprint density at radius 3 is 2.45 bits per heavy atom. The standard InChI is InChI=1S/C28H31Cl2FN4O6S/c1-27(2,3)41-26(37)34-10-8-28(9-11-34)16-35(12-13-40-28)25(36)17-4-7-22(20(31)14-17)42(38,39)33-21-6-5-18(29)23-19(30)15-32-24(21)23/h4-7,14-15,32-33H,8-13,16H2,1-3H3. The van der Waals surface area contributed by atoms with Gasteiger partial charge in [-0.1, -0.05) is 23.2 Å². The predicted molar refractivity (Wildman–Crippen MR) is 157 cm³/mol. The van der Waals surface area contributed by atoms with Crippen molar-refractivity contribution in [3.8, 4) is 0 Å². The molecule has 2 saturated heterocycles. The average molecular weight is 642 g/mol. The number of benzene rings is 2. The number of carbonyl (C=O) groups excluding carboxylic acids is 2. The number of piperidine rings is 1. The van der Waals surface area contributed by atoms with Crippen LogP contribution in [0.5, 0.6) is 0 Å². The maximum Gasteiger partial charge on any atom is 0.410 e. The van der Waals surface area contributed by atoms with E-state index in [9.17, 15) is 18.0 Å². The molecule has 3 aromatic rings. The average Bonchev–Trinajstić information content (AvgIpc) is 3.31. The molecule has 5 rings (SSSR count). The molecule has 0 aliphatic carbocycles. The number of nitrogens with zero attached hydrogens (tertiary/aromatic N) is 2. The third-order valence-electron chi connectivity index (χ3n) is 7.31. The number of fused-ring (bicyclic) bond motifs is 1. The van der Waals surface area contributed by atoms with E-state index in [1.807, 2.05) is 20.8 Å². The molecule has 0 saturated carbocycles. The zero-order chi connectivity index (χ0) is 30.4. The number of H-pyrrole nitrogens is 1. The van der Waals surface area contributed by atoms with Gasteiger partial charge in [0.15, 0.2) is 0 Å². The van der Waals surface area contributed by atoms with Crippen molar-refractivity contribution in [2.75, 3.05) is 37.5 Å². The first-order valence-electron chi connectivity index (χ1n) is 13.4. The number of ether oxygens (including phenoxy) is 2. The minimum absolute atomic E-state index is 0.0136. The van der Waals surface area contributed by atoms with Crippen molar-refractivity contribution in [3.05, 3.63) is 58.0 Å². The van der Waals surface area contributed by atoms with Crippen LogP contribution in [0.2, 0.25) is 10.0 Å². The van der Waals surface area contributed by atoms with Gasteiger partial charge in [-0.3, -0.25) is 9.52 Å². The second kappa shape index (κ2) is 11.2. The fraction of sp³-hybridized carbons (Fsp3) is 0.429. The van der Waals surface area contributed by atoms with Gasteiger partial charge < -0.3 is 24.3 Å².